The minimum atomic E-state index is -3.34. The molecular formula is C20H26N2O3S. The molecule has 0 aromatic heterocycles. The second kappa shape index (κ2) is 8.96. The standard InChI is InChI=1S/C20H26N2O3S/c1-4-22(5-2)15-18-10-7-6-9-17(18)14-21-20(23)16-11-8-12-19(13-16)26(3,24)25/h6-13H,4-5,14-15H2,1-3H3,(H,21,23). The molecule has 0 bridgehead atoms. The van der Waals surface area contributed by atoms with Gasteiger partial charge in [0.15, 0.2) is 9.84 Å². The molecule has 6 heteroatoms. The van der Waals surface area contributed by atoms with Crippen molar-refractivity contribution in [3.63, 3.8) is 0 Å². The van der Waals surface area contributed by atoms with Crippen LogP contribution in [0, 0.1) is 0 Å². The summed E-state index contributed by atoms with van der Waals surface area (Å²) in [6.45, 7) is 7.43. The normalized spacial score (nSPS) is 11.5. The van der Waals surface area contributed by atoms with Crippen molar-refractivity contribution in [3.05, 3.63) is 65.2 Å². The minimum Gasteiger partial charge on any atom is -0.348 e. The molecule has 0 unspecified atom stereocenters. The first-order chi connectivity index (χ1) is 12.3. The van der Waals surface area contributed by atoms with Gasteiger partial charge in [-0.05, 0) is 42.4 Å². The molecule has 0 aliphatic heterocycles. The molecule has 1 amide bonds. The molecule has 0 spiro atoms. The predicted octanol–water partition coefficient (Wildman–Crippen LogP) is 2.86. The summed E-state index contributed by atoms with van der Waals surface area (Å²) in [5.74, 6) is -0.284. The highest BCUT2D eigenvalue weighted by molar-refractivity contribution is 7.90. The fourth-order valence-electron chi connectivity index (χ4n) is 2.72. The van der Waals surface area contributed by atoms with E-state index in [4.69, 9.17) is 0 Å². The average Bonchev–Trinajstić information content (AvgIpc) is 2.64. The Labute approximate surface area is 156 Å². The number of hydrogen-bond donors (Lipinski definition) is 1. The van der Waals surface area contributed by atoms with Gasteiger partial charge in [-0.15, -0.1) is 0 Å². The van der Waals surface area contributed by atoms with Crippen molar-refractivity contribution in [2.45, 2.75) is 31.8 Å². The van der Waals surface area contributed by atoms with Crippen LogP contribution in [0.2, 0.25) is 0 Å². The molecule has 2 rings (SSSR count). The third-order valence-electron chi connectivity index (χ3n) is 4.37. The number of nitrogens with zero attached hydrogens (tertiary/aromatic N) is 1. The van der Waals surface area contributed by atoms with E-state index < -0.39 is 9.84 Å². The van der Waals surface area contributed by atoms with Crippen molar-refractivity contribution < 1.29 is 13.2 Å². The highest BCUT2D eigenvalue weighted by Crippen LogP contribution is 2.14. The van der Waals surface area contributed by atoms with Gasteiger partial charge in [0.1, 0.15) is 0 Å². The number of nitrogens with one attached hydrogen (secondary N) is 1. The Hall–Kier alpha value is -2.18. The lowest BCUT2D eigenvalue weighted by atomic mass is 10.1. The predicted molar refractivity (Wildman–Crippen MR) is 104 cm³/mol. The Bertz CT molecular complexity index is 859. The topological polar surface area (TPSA) is 66.5 Å². The lowest BCUT2D eigenvalue weighted by Crippen LogP contribution is -2.26. The highest BCUT2D eigenvalue weighted by Gasteiger charge is 2.12. The van der Waals surface area contributed by atoms with Gasteiger partial charge in [0.05, 0.1) is 4.90 Å². The van der Waals surface area contributed by atoms with Crippen molar-refractivity contribution in [2.75, 3.05) is 19.3 Å². The van der Waals surface area contributed by atoms with Crippen molar-refractivity contribution in [2.24, 2.45) is 0 Å². The maximum absolute atomic E-state index is 12.4. The van der Waals surface area contributed by atoms with E-state index in [9.17, 15) is 13.2 Å². The number of carbonyl (C=O) groups excluding carboxylic acids is 1. The molecule has 0 saturated heterocycles. The second-order valence-corrected chi connectivity index (χ2v) is 8.23. The maximum atomic E-state index is 12.4. The molecule has 0 heterocycles. The van der Waals surface area contributed by atoms with Crippen molar-refractivity contribution in [3.8, 4) is 0 Å². The van der Waals surface area contributed by atoms with E-state index in [2.05, 4.69) is 30.1 Å². The molecule has 0 atom stereocenters. The van der Waals surface area contributed by atoms with Crippen LogP contribution in [-0.2, 0) is 22.9 Å². The van der Waals surface area contributed by atoms with Gasteiger partial charge >= 0.3 is 0 Å². The van der Waals surface area contributed by atoms with Crippen molar-refractivity contribution in [1.82, 2.24) is 10.2 Å². The molecule has 2 aromatic carbocycles. The summed E-state index contributed by atoms with van der Waals surface area (Å²) in [6, 6.07) is 14.1. The van der Waals surface area contributed by atoms with E-state index in [1.807, 2.05) is 18.2 Å². The van der Waals surface area contributed by atoms with E-state index in [1.165, 1.54) is 17.7 Å². The minimum absolute atomic E-state index is 0.145. The summed E-state index contributed by atoms with van der Waals surface area (Å²) in [5, 5.41) is 2.89. The van der Waals surface area contributed by atoms with E-state index in [0.29, 0.717) is 12.1 Å². The van der Waals surface area contributed by atoms with Gasteiger partial charge in [-0.1, -0.05) is 44.2 Å². The van der Waals surface area contributed by atoms with E-state index in [-0.39, 0.29) is 10.8 Å². The molecule has 0 aliphatic rings. The van der Waals surface area contributed by atoms with Crippen LogP contribution in [0.15, 0.2) is 53.4 Å². The molecular weight excluding hydrogens is 348 g/mol. The van der Waals surface area contributed by atoms with Crippen LogP contribution in [0.5, 0.6) is 0 Å². The van der Waals surface area contributed by atoms with Crippen LogP contribution in [0.25, 0.3) is 0 Å². The molecule has 1 N–H and O–H groups in total. The Morgan fingerprint density at radius 2 is 1.65 bits per heavy atom. The summed E-state index contributed by atoms with van der Waals surface area (Å²) >= 11 is 0. The Morgan fingerprint density at radius 3 is 2.27 bits per heavy atom. The summed E-state index contributed by atoms with van der Waals surface area (Å²) in [4.78, 5) is 14.9. The zero-order valence-corrected chi connectivity index (χ0v) is 16.3. The monoisotopic (exact) mass is 374 g/mol. The Balaban J connectivity index is 2.11. The number of rotatable bonds is 8. The molecule has 140 valence electrons. The van der Waals surface area contributed by atoms with E-state index in [1.54, 1.807) is 12.1 Å². The zero-order chi connectivity index (χ0) is 19.2. The fourth-order valence-corrected chi connectivity index (χ4v) is 3.38. The Kier molecular flexibility index (Phi) is 6.94. The molecule has 0 aliphatic carbocycles. The largest absolute Gasteiger partial charge is 0.348 e. The van der Waals surface area contributed by atoms with Gasteiger partial charge in [-0.3, -0.25) is 9.69 Å². The average molecular weight is 375 g/mol. The highest BCUT2D eigenvalue weighted by atomic mass is 32.2. The van der Waals surface area contributed by atoms with Gasteiger partial charge in [-0.2, -0.15) is 0 Å². The molecule has 0 fully saturated rings. The molecule has 26 heavy (non-hydrogen) atoms. The lowest BCUT2D eigenvalue weighted by Gasteiger charge is -2.20. The first-order valence-corrected chi connectivity index (χ1v) is 10.6. The van der Waals surface area contributed by atoms with Gasteiger partial charge in [-0.25, -0.2) is 8.42 Å². The number of sulfone groups is 1. The smallest absolute Gasteiger partial charge is 0.251 e. The summed E-state index contributed by atoms with van der Waals surface area (Å²) in [5.41, 5.74) is 2.59. The van der Waals surface area contributed by atoms with E-state index >= 15 is 0 Å². The molecule has 0 radical (unpaired) electrons. The van der Waals surface area contributed by atoms with Crippen LogP contribution in [0.4, 0.5) is 0 Å². The SMILES string of the molecule is CCN(CC)Cc1ccccc1CNC(=O)c1cccc(S(C)(=O)=O)c1. The number of hydrogen-bond acceptors (Lipinski definition) is 4. The Morgan fingerprint density at radius 1 is 1.00 bits per heavy atom. The van der Waals surface area contributed by atoms with Gasteiger partial charge in [0.2, 0.25) is 0 Å². The first-order valence-electron chi connectivity index (χ1n) is 8.72. The number of benzene rings is 2. The fraction of sp³-hybridized carbons (Fsp3) is 0.350. The van der Waals surface area contributed by atoms with Crippen molar-refractivity contribution >= 4 is 15.7 Å². The number of carbonyl (C=O) groups is 1. The van der Waals surface area contributed by atoms with E-state index in [0.717, 1.165) is 31.5 Å². The maximum Gasteiger partial charge on any atom is 0.251 e. The van der Waals surface area contributed by atoms with Crippen LogP contribution < -0.4 is 5.32 Å². The third kappa shape index (κ3) is 5.41. The zero-order valence-electron chi connectivity index (χ0n) is 15.5. The summed E-state index contributed by atoms with van der Waals surface area (Å²) in [6.07, 6.45) is 1.13. The molecule has 0 saturated carbocycles. The van der Waals surface area contributed by atoms with Gasteiger partial charge in [0.25, 0.3) is 5.91 Å². The summed E-state index contributed by atoms with van der Waals surface area (Å²) in [7, 11) is -3.34. The second-order valence-electron chi connectivity index (χ2n) is 6.21. The van der Waals surface area contributed by atoms with Gasteiger partial charge < -0.3 is 5.32 Å². The molecule has 5 nitrogen and oxygen atoms in total. The quantitative estimate of drug-likeness (QED) is 0.772. The van der Waals surface area contributed by atoms with Crippen LogP contribution >= 0.6 is 0 Å². The van der Waals surface area contributed by atoms with Crippen LogP contribution in [-0.4, -0.2) is 38.6 Å². The first kappa shape index (κ1) is 20.1. The van der Waals surface area contributed by atoms with Gasteiger partial charge in [0, 0.05) is 24.9 Å². The third-order valence-corrected chi connectivity index (χ3v) is 5.48. The number of amides is 1. The van der Waals surface area contributed by atoms with Crippen LogP contribution in [0.1, 0.15) is 35.3 Å². The van der Waals surface area contributed by atoms with Crippen molar-refractivity contribution in [1.29, 1.82) is 0 Å². The lowest BCUT2D eigenvalue weighted by molar-refractivity contribution is 0.0950. The molecule has 2 aromatic rings. The van der Waals surface area contributed by atoms with Crippen LogP contribution in [0.3, 0.4) is 0 Å². The summed E-state index contributed by atoms with van der Waals surface area (Å²) < 4.78 is 23.3.